The number of hydrogen-bond acceptors (Lipinski definition) is 4. The number of hydrogen-bond donors (Lipinski definition) is 2. The molecule has 0 saturated carbocycles. The van der Waals surface area contributed by atoms with Gasteiger partial charge in [0.2, 0.25) is 0 Å². The molecule has 1 aromatic rings. The van der Waals surface area contributed by atoms with Crippen molar-refractivity contribution in [1.29, 1.82) is 0 Å². The molecule has 1 atom stereocenters. The maximum absolute atomic E-state index is 9.60. The van der Waals surface area contributed by atoms with Gasteiger partial charge in [-0.1, -0.05) is 12.1 Å². The van der Waals surface area contributed by atoms with Gasteiger partial charge in [0.1, 0.15) is 5.75 Å². The van der Waals surface area contributed by atoms with Gasteiger partial charge in [-0.05, 0) is 38.9 Å². The fraction of sp³-hybridized carbons (Fsp3) is 0.600. The van der Waals surface area contributed by atoms with E-state index in [0.29, 0.717) is 0 Å². The fourth-order valence-electron chi connectivity index (χ4n) is 2.46. The summed E-state index contributed by atoms with van der Waals surface area (Å²) in [4.78, 5) is 2.26. The summed E-state index contributed by atoms with van der Waals surface area (Å²) in [6, 6.07) is 8.20. The third kappa shape index (κ3) is 3.61. The first-order chi connectivity index (χ1) is 9.22. The zero-order chi connectivity index (χ0) is 13.7. The summed E-state index contributed by atoms with van der Waals surface area (Å²) < 4.78 is 5.89. The first-order valence-electron chi connectivity index (χ1n) is 7.06. The third-order valence-corrected chi connectivity index (χ3v) is 3.32. The molecule has 1 heterocycles. The molecule has 0 amide bonds. The minimum absolute atomic E-state index is 0.111. The number of anilines is 1. The number of nitrogens with zero attached hydrogens (tertiary/aromatic N) is 1. The third-order valence-electron chi connectivity index (χ3n) is 3.32. The summed E-state index contributed by atoms with van der Waals surface area (Å²) >= 11 is 0. The van der Waals surface area contributed by atoms with Crippen molar-refractivity contribution < 1.29 is 9.84 Å². The van der Waals surface area contributed by atoms with Crippen molar-refractivity contribution in [2.75, 3.05) is 31.1 Å². The van der Waals surface area contributed by atoms with Gasteiger partial charge in [0.15, 0.2) is 0 Å². The average molecular weight is 264 g/mol. The molecule has 2 rings (SSSR count). The Kier molecular flexibility index (Phi) is 5.05. The van der Waals surface area contributed by atoms with Crippen molar-refractivity contribution in [2.24, 2.45) is 0 Å². The van der Waals surface area contributed by atoms with Gasteiger partial charge < -0.3 is 20.1 Å². The van der Waals surface area contributed by atoms with Crippen molar-refractivity contribution in [3.8, 4) is 5.75 Å². The second kappa shape index (κ2) is 6.78. The maximum atomic E-state index is 9.60. The lowest BCUT2D eigenvalue weighted by atomic mass is 10.2. The van der Waals surface area contributed by atoms with E-state index >= 15 is 0 Å². The number of para-hydroxylation sites is 2. The summed E-state index contributed by atoms with van der Waals surface area (Å²) in [5, 5.41) is 13.0. The molecule has 1 aliphatic rings. The van der Waals surface area contributed by atoms with Crippen LogP contribution in [0.2, 0.25) is 0 Å². The highest BCUT2D eigenvalue weighted by molar-refractivity contribution is 5.59. The van der Waals surface area contributed by atoms with Gasteiger partial charge in [-0.15, -0.1) is 0 Å². The summed E-state index contributed by atoms with van der Waals surface area (Å²) in [5.41, 5.74) is 1.08. The molecule has 1 aromatic carbocycles. The molecule has 0 bridgehead atoms. The molecule has 1 saturated heterocycles. The van der Waals surface area contributed by atoms with Crippen LogP contribution in [0.1, 0.15) is 20.3 Å². The predicted octanol–water partition coefficient (Wildman–Crippen LogP) is 1.63. The number of nitrogens with one attached hydrogen (secondary N) is 1. The van der Waals surface area contributed by atoms with E-state index in [1.54, 1.807) is 0 Å². The van der Waals surface area contributed by atoms with Crippen molar-refractivity contribution >= 4 is 5.69 Å². The lowest BCUT2D eigenvalue weighted by Crippen LogP contribution is -2.42. The van der Waals surface area contributed by atoms with Crippen LogP contribution in [0.4, 0.5) is 5.69 Å². The largest absolute Gasteiger partial charge is 0.489 e. The van der Waals surface area contributed by atoms with Gasteiger partial charge in [-0.25, -0.2) is 0 Å². The van der Waals surface area contributed by atoms with Gasteiger partial charge in [0.25, 0.3) is 0 Å². The molecule has 2 N–H and O–H groups in total. The van der Waals surface area contributed by atoms with Crippen molar-refractivity contribution in [2.45, 2.75) is 32.4 Å². The Morgan fingerprint density at radius 1 is 1.42 bits per heavy atom. The molecule has 4 heteroatoms. The summed E-state index contributed by atoms with van der Waals surface area (Å²) in [5.74, 6) is 0.901. The van der Waals surface area contributed by atoms with E-state index in [4.69, 9.17) is 4.74 Å². The monoisotopic (exact) mass is 264 g/mol. The Morgan fingerprint density at radius 2 is 2.21 bits per heavy atom. The smallest absolute Gasteiger partial charge is 0.142 e. The first-order valence-corrected chi connectivity index (χ1v) is 7.06. The van der Waals surface area contributed by atoms with E-state index in [2.05, 4.69) is 16.3 Å². The molecule has 0 radical (unpaired) electrons. The number of rotatable bonds is 4. The fourth-order valence-corrected chi connectivity index (χ4v) is 2.46. The highest BCUT2D eigenvalue weighted by Crippen LogP contribution is 2.30. The molecule has 19 heavy (non-hydrogen) atoms. The summed E-state index contributed by atoms with van der Waals surface area (Å²) in [6.07, 6.45) is 1.23. The van der Waals surface area contributed by atoms with Crippen LogP contribution in [0.15, 0.2) is 24.3 Å². The number of ether oxygens (including phenoxy) is 1. The molecule has 0 spiro atoms. The van der Waals surface area contributed by atoms with Crippen LogP contribution in [-0.2, 0) is 0 Å². The Bertz CT molecular complexity index is 395. The summed E-state index contributed by atoms with van der Waals surface area (Å²) in [7, 11) is 0. The highest BCUT2D eigenvalue weighted by Gasteiger charge is 2.23. The Hall–Kier alpha value is -1.26. The zero-order valence-corrected chi connectivity index (χ0v) is 11.8. The van der Waals surface area contributed by atoms with Gasteiger partial charge in [0, 0.05) is 13.1 Å². The Labute approximate surface area is 115 Å². The van der Waals surface area contributed by atoms with Gasteiger partial charge in [-0.2, -0.15) is 0 Å². The molecular weight excluding hydrogens is 240 g/mol. The molecular formula is C15H24N2O2. The maximum Gasteiger partial charge on any atom is 0.142 e. The second-order valence-electron chi connectivity index (χ2n) is 5.22. The molecule has 0 aromatic heterocycles. The van der Waals surface area contributed by atoms with E-state index in [1.807, 2.05) is 32.0 Å². The van der Waals surface area contributed by atoms with Crippen LogP contribution in [0.5, 0.6) is 5.75 Å². The number of benzene rings is 1. The van der Waals surface area contributed by atoms with Gasteiger partial charge >= 0.3 is 0 Å². The molecule has 0 aliphatic carbocycles. The standard InChI is InChI=1S/C15H24N2O2/c1-12(2)19-15-7-4-3-6-14(15)17-9-5-8-16-10-13(17)11-18/h3-4,6-7,12-13,16,18H,5,8-11H2,1-2H3. The normalized spacial score (nSPS) is 20.4. The topological polar surface area (TPSA) is 44.7 Å². The van der Waals surface area contributed by atoms with Crippen LogP contribution in [0, 0.1) is 0 Å². The Morgan fingerprint density at radius 3 is 2.95 bits per heavy atom. The molecule has 1 fully saturated rings. The van der Waals surface area contributed by atoms with Crippen molar-refractivity contribution in [3.63, 3.8) is 0 Å². The molecule has 4 nitrogen and oxygen atoms in total. The van der Waals surface area contributed by atoms with E-state index in [9.17, 15) is 5.11 Å². The summed E-state index contributed by atoms with van der Waals surface area (Å²) in [6.45, 7) is 6.97. The van der Waals surface area contributed by atoms with E-state index in [1.165, 1.54) is 0 Å². The van der Waals surface area contributed by atoms with E-state index < -0.39 is 0 Å². The predicted molar refractivity (Wildman–Crippen MR) is 77.9 cm³/mol. The second-order valence-corrected chi connectivity index (χ2v) is 5.22. The lowest BCUT2D eigenvalue weighted by Gasteiger charge is -2.32. The lowest BCUT2D eigenvalue weighted by molar-refractivity contribution is 0.239. The minimum Gasteiger partial charge on any atom is -0.489 e. The molecule has 1 unspecified atom stereocenters. The highest BCUT2D eigenvalue weighted by atomic mass is 16.5. The van der Waals surface area contributed by atoms with Crippen LogP contribution in [-0.4, -0.2) is 43.5 Å². The van der Waals surface area contributed by atoms with Crippen molar-refractivity contribution in [1.82, 2.24) is 5.32 Å². The Balaban J connectivity index is 2.27. The van der Waals surface area contributed by atoms with Gasteiger partial charge in [-0.3, -0.25) is 0 Å². The van der Waals surface area contributed by atoms with Crippen molar-refractivity contribution in [3.05, 3.63) is 24.3 Å². The number of aliphatic hydroxyl groups is 1. The van der Waals surface area contributed by atoms with E-state index in [0.717, 1.165) is 37.5 Å². The first kappa shape index (κ1) is 14.2. The van der Waals surface area contributed by atoms with Crippen LogP contribution in [0.3, 0.4) is 0 Å². The quantitative estimate of drug-likeness (QED) is 0.867. The zero-order valence-electron chi connectivity index (χ0n) is 11.8. The number of aliphatic hydroxyl groups excluding tert-OH is 1. The SMILES string of the molecule is CC(C)Oc1ccccc1N1CCCNCC1CO. The van der Waals surface area contributed by atoms with Crippen LogP contribution >= 0.6 is 0 Å². The van der Waals surface area contributed by atoms with Crippen LogP contribution in [0.25, 0.3) is 0 Å². The van der Waals surface area contributed by atoms with E-state index in [-0.39, 0.29) is 18.8 Å². The molecule has 1 aliphatic heterocycles. The van der Waals surface area contributed by atoms with Crippen LogP contribution < -0.4 is 15.0 Å². The average Bonchev–Trinajstić information content (AvgIpc) is 2.63. The minimum atomic E-state index is 0.111. The molecule has 106 valence electrons. The van der Waals surface area contributed by atoms with Gasteiger partial charge in [0.05, 0.1) is 24.4 Å².